The van der Waals surface area contributed by atoms with E-state index < -0.39 is 83.2 Å². The van der Waals surface area contributed by atoms with Crippen LogP contribution < -0.4 is 26.0 Å². The molecule has 0 aromatic heterocycles. The monoisotopic (exact) mass is 1410 g/mol. The Bertz CT molecular complexity index is 4450. The fourth-order valence-corrected chi connectivity index (χ4v) is 16.7. The minimum Gasteiger partial charge on any atom is -0.497 e. The van der Waals surface area contributed by atoms with Crippen molar-refractivity contribution >= 4 is 0 Å². The Morgan fingerprint density at radius 3 is 0.879 bits per heavy atom. The van der Waals surface area contributed by atoms with Gasteiger partial charge in [0, 0.05) is 18.6 Å². The van der Waals surface area contributed by atoms with Crippen LogP contribution in [0.2, 0.25) is 0 Å². The third kappa shape index (κ3) is 14.5. The SMILES string of the molecule is COc1ccc(COC2[C@@H](O)[C@H](O[C@H]3OC(CNC(c4ccccc4)(c4ccccc4)c4ccccc4)[C@@H](O)[C@H](O)C3NC(c3ccccc3)(c3ccccc3)c3ccccc3)C(NC(c3ccccc3)(c3ccccc3)c3ccccc3)C[C@H]2NC(c2ccccc2)(c2ccccc2)c2ccccc2)cc1. The molecule has 1 heterocycles. The second-order valence-electron chi connectivity index (χ2n) is 27.9. The summed E-state index contributed by atoms with van der Waals surface area (Å²) in [4.78, 5) is 0. The van der Waals surface area contributed by atoms with Crippen LogP contribution in [-0.2, 0) is 43.0 Å². The average molecular weight is 1410 g/mol. The van der Waals surface area contributed by atoms with Crippen LogP contribution in [0.3, 0.4) is 0 Å². The first-order valence-electron chi connectivity index (χ1n) is 37.1. The summed E-state index contributed by atoms with van der Waals surface area (Å²) in [5, 5.41) is 59.0. The molecular weight excluding hydrogens is 1320 g/mol. The number of hydrogen-bond donors (Lipinski definition) is 7. The first kappa shape index (κ1) is 71.9. The number of aliphatic hydroxyl groups is 3. The van der Waals surface area contributed by atoms with Crippen molar-refractivity contribution in [2.75, 3.05) is 13.7 Å². The molecule has 0 bridgehead atoms. The second-order valence-corrected chi connectivity index (χ2v) is 27.9. The molecule has 7 N–H and O–H groups in total. The average Bonchev–Trinajstić information content (AvgIpc) is 0.743. The predicted octanol–water partition coefficient (Wildman–Crippen LogP) is 15.6. The van der Waals surface area contributed by atoms with E-state index in [0.29, 0.717) is 5.75 Å². The van der Waals surface area contributed by atoms with Crippen LogP contribution in [0.5, 0.6) is 5.75 Å². The standard InChI is InChI=1S/C96H90N4O7/c1-104-82-64-62-69(63-65-82)68-105-90-83(98-94(73-44-20-5-21-45-73,74-46-22-6-23-47-74)75-48-24-7-25-49-75)66-84(99-95(76-50-26-8-27-51-76,77-52-28-9-29-53-77)78-54-30-10-31-55-78)91(89(90)103)107-92-86(100-96(79-56-32-11-33-57-79,80-58-34-12-35-59-80)81-60-36-13-37-61-81)88(102)87(101)85(106-92)67-97-93(70-38-14-2-15-39-70,71-40-16-3-17-41-71)72-42-18-4-19-43-72/h2-65,83-92,97-103H,66-68H2,1H3/t83-,84?,85?,86?,87-,88-,89-,90?,91-,92-/m1/s1. The molecule has 0 amide bonds. The van der Waals surface area contributed by atoms with Gasteiger partial charge in [-0.3, -0.25) is 21.3 Å². The van der Waals surface area contributed by atoms with E-state index in [4.69, 9.17) is 18.9 Å². The maximum absolute atomic E-state index is 14.8. The zero-order valence-corrected chi connectivity index (χ0v) is 59.8. The van der Waals surface area contributed by atoms with E-state index in [2.05, 4.69) is 240 Å². The van der Waals surface area contributed by atoms with Crippen LogP contribution in [0.4, 0.5) is 0 Å². The molecule has 11 heteroatoms. The molecule has 1 saturated heterocycles. The summed E-state index contributed by atoms with van der Waals surface area (Å²) in [6.07, 6.45) is -9.28. The number of hydrogen-bond acceptors (Lipinski definition) is 11. The van der Waals surface area contributed by atoms with Gasteiger partial charge in [-0.1, -0.05) is 376 Å². The van der Waals surface area contributed by atoms with Gasteiger partial charge >= 0.3 is 0 Å². The molecule has 13 aromatic rings. The van der Waals surface area contributed by atoms with E-state index >= 15 is 0 Å². The summed E-state index contributed by atoms with van der Waals surface area (Å²) in [6, 6.07) is 129. The number of aliphatic hydroxyl groups excluding tert-OH is 3. The molecule has 13 aromatic carbocycles. The van der Waals surface area contributed by atoms with E-state index in [-0.39, 0.29) is 19.6 Å². The van der Waals surface area contributed by atoms with Crippen molar-refractivity contribution in [3.05, 3.63) is 461 Å². The maximum atomic E-state index is 14.8. The van der Waals surface area contributed by atoms with Gasteiger partial charge in [-0.15, -0.1) is 0 Å². The maximum Gasteiger partial charge on any atom is 0.176 e. The molecule has 0 spiro atoms. The minimum atomic E-state index is -1.60. The molecular formula is C96H90N4O7. The summed E-state index contributed by atoms with van der Waals surface area (Å²) in [5.74, 6) is 0.698. The van der Waals surface area contributed by atoms with Gasteiger partial charge < -0.3 is 34.3 Å². The topological polar surface area (TPSA) is 146 Å². The third-order valence-corrected chi connectivity index (χ3v) is 21.8. The number of ether oxygens (including phenoxy) is 4. The van der Waals surface area contributed by atoms with Gasteiger partial charge in [0.1, 0.15) is 42.4 Å². The van der Waals surface area contributed by atoms with Gasteiger partial charge in [-0.25, -0.2) is 0 Å². The normalized spacial score (nSPS) is 20.6. The molecule has 536 valence electrons. The predicted molar refractivity (Wildman–Crippen MR) is 423 cm³/mol. The number of methoxy groups -OCH3 is 1. The summed E-state index contributed by atoms with van der Waals surface area (Å²) in [6.45, 7) is 0.0903. The molecule has 0 radical (unpaired) electrons. The summed E-state index contributed by atoms with van der Waals surface area (Å²) in [5.41, 5.74) is 7.57. The lowest BCUT2D eigenvalue weighted by atomic mass is 9.72. The van der Waals surface area contributed by atoms with Crippen LogP contribution in [0.1, 0.15) is 78.7 Å². The van der Waals surface area contributed by atoms with Crippen molar-refractivity contribution in [2.45, 2.75) is 96.2 Å². The van der Waals surface area contributed by atoms with E-state index in [9.17, 15) is 15.3 Å². The fraction of sp³-hybridized carbons (Fsp3) is 0.188. The van der Waals surface area contributed by atoms with Crippen molar-refractivity contribution in [1.82, 2.24) is 21.3 Å². The number of rotatable bonds is 27. The van der Waals surface area contributed by atoms with E-state index in [1.165, 1.54) is 0 Å². The van der Waals surface area contributed by atoms with Crippen molar-refractivity contribution in [3.8, 4) is 5.75 Å². The lowest BCUT2D eigenvalue weighted by Gasteiger charge is -2.53. The number of benzene rings is 13. The lowest BCUT2D eigenvalue weighted by Crippen LogP contribution is -2.72. The van der Waals surface area contributed by atoms with Gasteiger partial charge in [0.25, 0.3) is 0 Å². The Hall–Kier alpha value is -10.7. The second kappa shape index (κ2) is 33.0. The first-order valence-corrected chi connectivity index (χ1v) is 37.1. The van der Waals surface area contributed by atoms with Gasteiger partial charge in [0.2, 0.25) is 0 Å². The molecule has 2 aliphatic rings. The smallest absolute Gasteiger partial charge is 0.176 e. The Morgan fingerprint density at radius 2 is 0.589 bits per heavy atom. The Labute approximate surface area is 628 Å². The van der Waals surface area contributed by atoms with Crippen LogP contribution >= 0.6 is 0 Å². The largest absolute Gasteiger partial charge is 0.497 e. The van der Waals surface area contributed by atoms with Crippen molar-refractivity contribution in [3.63, 3.8) is 0 Å². The molecule has 15 rings (SSSR count). The highest BCUT2D eigenvalue weighted by atomic mass is 16.7. The molecule has 1 saturated carbocycles. The highest BCUT2D eigenvalue weighted by Gasteiger charge is 2.57. The van der Waals surface area contributed by atoms with Crippen molar-refractivity contribution < 1.29 is 34.3 Å². The quantitative estimate of drug-likeness (QED) is 0.0247. The molecule has 4 unspecified atom stereocenters. The Morgan fingerprint density at radius 1 is 0.318 bits per heavy atom. The minimum absolute atomic E-state index is 0.00114. The summed E-state index contributed by atoms with van der Waals surface area (Å²) >= 11 is 0. The molecule has 1 aliphatic carbocycles. The van der Waals surface area contributed by atoms with E-state index in [1.807, 2.05) is 170 Å². The zero-order valence-electron chi connectivity index (χ0n) is 59.8. The summed E-state index contributed by atoms with van der Waals surface area (Å²) < 4.78 is 29.0. The van der Waals surface area contributed by atoms with Gasteiger partial charge in [0.15, 0.2) is 6.29 Å². The lowest BCUT2D eigenvalue weighted by molar-refractivity contribution is -0.298. The molecule has 10 atom stereocenters. The van der Waals surface area contributed by atoms with E-state index in [0.717, 1.165) is 72.3 Å². The Kier molecular flexibility index (Phi) is 22.1. The van der Waals surface area contributed by atoms with Crippen LogP contribution in [-0.4, -0.2) is 90.0 Å². The number of nitrogens with one attached hydrogen (secondary N) is 4. The van der Waals surface area contributed by atoms with E-state index in [1.54, 1.807) is 7.11 Å². The van der Waals surface area contributed by atoms with Crippen LogP contribution in [0.15, 0.2) is 388 Å². The summed E-state index contributed by atoms with van der Waals surface area (Å²) in [7, 11) is 1.65. The third-order valence-electron chi connectivity index (χ3n) is 21.8. The van der Waals surface area contributed by atoms with Gasteiger partial charge in [-0.2, -0.15) is 0 Å². The molecule has 107 heavy (non-hydrogen) atoms. The fourth-order valence-electron chi connectivity index (χ4n) is 16.7. The zero-order chi connectivity index (χ0) is 72.9. The van der Waals surface area contributed by atoms with Crippen molar-refractivity contribution in [1.29, 1.82) is 0 Å². The van der Waals surface area contributed by atoms with Gasteiger partial charge in [-0.05, 0) is 90.9 Å². The van der Waals surface area contributed by atoms with Crippen molar-refractivity contribution in [2.24, 2.45) is 0 Å². The first-order chi connectivity index (χ1) is 52.7. The highest BCUT2D eigenvalue weighted by molar-refractivity contribution is 5.55. The molecule has 11 nitrogen and oxygen atoms in total. The van der Waals surface area contributed by atoms with Crippen LogP contribution in [0, 0.1) is 0 Å². The van der Waals surface area contributed by atoms with Crippen LogP contribution in [0.25, 0.3) is 0 Å². The highest BCUT2D eigenvalue weighted by Crippen LogP contribution is 2.46. The Balaban J connectivity index is 0.948. The molecule has 1 aliphatic heterocycles. The van der Waals surface area contributed by atoms with Gasteiger partial charge in [0.05, 0.1) is 41.9 Å². The molecule has 2 fully saturated rings.